The van der Waals surface area contributed by atoms with Gasteiger partial charge >= 0.3 is 0 Å². The van der Waals surface area contributed by atoms with Gasteiger partial charge in [-0.25, -0.2) is 0 Å². The number of likely N-dealkylation sites (N-methyl/N-ethyl adjacent to an activating group) is 1. The first-order valence-corrected chi connectivity index (χ1v) is 6.56. The van der Waals surface area contributed by atoms with Crippen LogP contribution >= 0.6 is 0 Å². The van der Waals surface area contributed by atoms with Crippen LogP contribution in [-0.4, -0.2) is 34.8 Å². The van der Waals surface area contributed by atoms with Crippen molar-refractivity contribution in [2.24, 2.45) is 7.05 Å². The largest absolute Gasteiger partial charge is 0.350 e. The summed E-state index contributed by atoms with van der Waals surface area (Å²) in [5, 5.41) is 10.3. The van der Waals surface area contributed by atoms with Crippen LogP contribution in [0.2, 0.25) is 0 Å². The summed E-state index contributed by atoms with van der Waals surface area (Å²) in [5.41, 5.74) is 6.83. The number of nitrogens with zero attached hydrogens (tertiary/aromatic N) is 2. The van der Waals surface area contributed by atoms with Crippen LogP contribution in [0.1, 0.15) is 12.0 Å². The zero-order valence-electron chi connectivity index (χ0n) is 11.3. The lowest BCUT2D eigenvalue weighted by atomic mass is 9.99. The van der Waals surface area contributed by atoms with Gasteiger partial charge in [0.15, 0.2) is 0 Å². The van der Waals surface area contributed by atoms with Crippen LogP contribution in [0.15, 0.2) is 30.5 Å². The molecule has 0 fully saturated rings. The van der Waals surface area contributed by atoms with Gasteiger partial charge in [0.2, 0.25) is 0 Å². The molecule has 4 heteroatoms. The molecule has 0 bridgehead atoms. The monoisotopic (exact) mass is 257 g/mol. The van der Waals surface area contributed by atoms with E-state index in [-0.39, 0.29) is 0 Å². The summed E-state index contributed by atoms with van der Waals surface area (Å²) in [5.74, 6) is 0. The van der Waals surface area contributed by atoms with E-state index in [2.05, 4.69) is 41.3 Å². The van der Waals surface area contributed by atoms with Crippen LogP contribution in [0.3, 0.4) is 0 Å². The van der Waals surface area contributed by atoms with Crippen LogP contribution < -0.4 is 5.48 Å². The number of benzene rings is 1. The zero-order chi connectivity index (χ0) is 13.4. The van der Waals surface area contributed by atoms with Crippen molar-refractivity contribution in [2.45, 2.75) is 6.42 Å². The maximum atomic E-state index is 9.06. The third kappa shape index (κ3) is 2.13. The summed E-state index contributed by atoms with van der Waals surface area (Å²) in [4.78, 5) is 2.31. The second-order valence-corrected chi connectivity index (χ2v) is 5.24. The SMILES string of the molecule is CN1CC=C(c2cn(C)c3ccc(NO)cc23)CC1. The summed E-state index contributed by atoms with van der Waals surface area (Å²) < 4.78 is 2.14. The van der Waals surface area contributed by atoms with Crippen molar-refractivity contribution in [2.75, 3.05) is 25.6 Å². The minimum absolute atomic E-state index is 0.730. The summed E-state index contributed by atoms with van der Waals surface area (Å²) >= 11 is 0. The number of anilines is 1. The van der Waals surface area contributed by atoms with Gasteiger partial charge in [0.05, 0.1) is 5.69 Å². The van der Waals surface area contributed by atoms with Gasteiger partial charge in [-0.05, 0) is 37.2 Å². The number of nitrogens with one attached hydrogen (secondary N) is 1. The van der Waals surface area contributed by atoms with E-state index < -0.39 is 0 Å². The van der Waals surface area contributed by atoms with Crippen molar-refractivity contribution in [3.8, 4) is 0 Å². The lowest BCUT2D eigenvalue weighted by Gasteiger charge is -2.21. The average molecular weight is 257 g/mol. The van der Waals surface area contributed by atoms with E-state index >= 15 is 0 Å². The van der Waals surface area contributed by atoms with Crippen LogP contribution in [0, 0.1) is 0 Å². The van der Waals surface area contributed by atoms with E-state index in [1.54, 1.807) is 0 Å². The minimum Gasteiger partial charge on any atom is -0.350 e. The molecule has 2 N–H and O–H groups in total. The minimum atomic E-state index is 0.730. The van der Waals surface area contributed by atoms with Crippen LogP contribution in [0.5, 0.6) is 0 Å². The van der Waals surface area contributed by atoms with Crippen molar-refractivity contribution in [1.82, 2.24) is 9.47 Å². The van der Waals surface area contributed by atoms with E-state index in [0.29, 0.717) is 0 Å². The summed E-state index contributed by atoms with van der Waals surface area (Å²) in [6.07, 6.45) is 5.56. The fourth-order valence-electron chi connectivity index (χ4n) is 2.73. The fraction of sp³-hybridized carbons (Fsp3) is 0.333. The highest BCUT2D eigenvalue weighted by atomic mass is 16.5. The maximum absolute atomic E-state index is 9.06. The Bertz CT molecular complexity index is 642. The lowest BCUT2D eigenvalue weighted by Crippen LogP contribution is -2.23. The smallest absolute Gasteiger partial charge is 0.0609 e. The van der Waals surface area contributed by atoms with Gasteiger partial charge in [-0.3, -0.25) is 10.7 Å². The first kappa shape index (κ1) is 12.3. The molecule has 3 rings (SSSR count). The Labute approximate surface area is 112 Å². The molecule has 0 radical (unpaired) electrons. The second kappa shape index (κ2) is 4.72. The molecule has 100 valence electrons. The molecule has 1 aliphatic heterocycles. The van der Waals surface area contributed by atoms with Crippen molar-refractivity contribution in [3.05, 3.63) is 36.0 Å². The van der Waals surface area contributed by atoms with E-state index in [9.17, 15) is 0 Å². The van der Waals surface area contributed by atoms with Gasteiger partial charge in [0.25, 0.3) is 0 Å². The van der Waals surface area contributed by atoms with E-state index in [0.717, 1.165) is 25.2 Å². The number of aryl methyl sites for hydroxylation is 1. The Morgan fingerprint density at radius 1 is 1.26 bits per heavy atom. The number of fused-ring (bicyclic) bond motifs is 1. The number of rotatable bonds is 2. The molecule has 0 spiro atoms. The molecule has 1 aromatic carbocycles. The van der Waals surface area contributed by atoms with Crippen molar-refractivity contribution < 1.29 is 5.21 Å². The van der Waals surface area contributed by atoms with E-state index in [1.807, 2.05) is 18.2 Å². The molecule has 1 aromatic heterocycles. The molecule has 2 heterocycles. The molecule has 4 nitrogen and oxygen atoms in total. The molecule has 0 saturated carbocycles. The third-order valence-electron chi connectivity index (χ3n) is 3.88. The van der Waals surface area contributed by atoms with Gasteiger partial charge in [-0.2, -0.15) is 0 Å². The van der Waals surface area contributed by atoms with Crippen LogP contribution in [0.4, 0.5) is 5.69 Å². The first-order valence-electron chi connectivity index (χ1n) is 6.56. The predicted octanol–water partition coefficient (Wildman–Crippen LogP) is 2.70. The van der Waals surface area contributed by atoms with Gasteiger partial charge in [0, 0.05) is 42.8 Å². The molecular formula is C15H19N3O. The number of aromatic nitrogens is 1. The van der Waals surface area contributed by atoms with E-state index in [4.69, 9.17) is 5.21 Å². The molecule has 0 unspecified atom stereocenters. The molecule has 19 heavy (non-hydrogen) atoms. The van der Waals surface area contributed by atoms with Crippen molar-refractivity contribution >= 4 is 22.2 Å². The maximum Gasteiger partial charge on any atom is 0.0609 e. The Morgan fingerprint density at radius 2 is 2.11 bits per heavy atom. The fourth-order valence-corrected chi connectivity index (χ4v) is 2.73. The highest BCUT2D eigenvalue weighted by molar-refractivity contribution is 5.95. The average Bonchev–Trinajstić information content (AvgIpc) is 2.76. The quantitative estimate of drug-likeness (QED) is 0.813. The van der Waals surface area contributed by atoms with Crippen LogP contribution in [-0.2, 0) is 7.05 Å². The molecule has 1 aliphatic rings. The normalized spacial score (nSPS) is 16.7. The third-order valence-corrected chi connectivity index (χ3v) is 3.88. The number of hydrogen-bond donors (Lipinski definition) is 2. The van der Waals surface area contributed by atoms with Gasteiger partial charge in [-0.15, -0.1) is 0 Å². The van der Waals surface area contributed by atoms with E-state index in [1.165, 1.54) is 22.0 Å². The van der Waals surface area contributed by atoms with Gasteiger partial charge in [0.1, 0.15) is 0 Å². The van der Waals surface area contributed by atoms with Gasteiger partial charge < -0.3 is 9.47 Å². The Hall–Kier alpha value is -1.78. The second-order valence-electron chi connectivity index (χ2n) is 5.24. The molecule has 2 aromatic rings. The van der Waals surface area contributed by atoms with Gasteiger partial charge in [-0.1, -0.05) is 6.08 Å². The summed E-state index contributed by atoms with van der Waals surface area (Å²) in [6.45, 7) is 2.10. The predicted molar refractivity (Wildman–Crippen MR) is 78.4 cm³/mol. The standard InChI is InChI=1S/C15H19N3O/c1-17-7-5-11(6-8-17)14-10-18(2)15-4-3-12(16-19)9-13(14)15/h3-5,9-10,16,19H,6-8H2,1-2H3. The molecule has 0 atom stereocenters. The lowest BCUT2D eigenvalue weighted by molar-refractivity contribution is 0.370. The molecule has 0 aliphatic carbocycles. The Balaban J connectivity index is 2.13. The molecule has 0 saturated heterocycles. The number of hydrogen-bond acceptors (Lipinski definition) is 3. The van der Waals surface area contributed by atoms with Crippen molar-refractivity contribution in [1.29, 1.82) is 0 Å². The molecular weight excluding hydrogens is 238 g/mol. The summed E-state index contributed by atoms with van der Waals surface area (Å²) in [6, 6.07) is 5.92. The first-order chi connectivity index (χ1) is 9.19. The highest BCUT2D eigenvalue weighted by Crippen LogP contribution is 2.31. The highest BCUT2D eigenvalue weighted by Gasteiger charge is 2.14. The zero-order valence-corrected chi connectivity index (χ0v) is 11.3. The Morgan fingerprint density at radius 3 is 2.79 bits per heavy atom. The summed E-state index contributed by atoms with van der Waals surface area (Å²) in [7, 11) is 4.21. The van der Waals surface area contributed by atoms with Crippen molar-refractivity contribution in [3.63, 3.8) is 0 Å². The topological polar surface area (TPSA) is 40.4 Å². The van der Waals surface area contributed by atoms with Crippen LogP contribution in [0.25, 0.3) is 16.5 Å². The molecule has 0 amide bonds. The Kier molecular flexibility index (Phi) is 3.05.